The molecule has 210 valence electrons. The van der Waals surface area contributed by atoms with Crippen molar-refractivity contribution < 1.29 is 22.3 Å². The zero-order valence-electron chi connectivity index (χ0n) is 22.2. The van der Waals surface area contributed by atoms with E-state index in [-0.39, 0.29) is 12.0 Å². The average molecular weight is 547 g/mol. The lowest BCUT2D eigenvalue weighted by molar-refractivity contribution is -0.139. The fourth-order valence-corrected chi connectivity index (χ4v) is 5.34. The summed E-state index contributed by atoms with van der Waals surface area (Å²) in [5.74, 6) is 0.417. The standard InChI is InChI=1S/C28H34F4N6O/c1-18(2)39-25-26(33)34-17-35-27(25)37-10-6-19(7-11-37)24-15-21(16-38(24)13-12-36-8-3-9-36)20-4-5-23(29)22(14-20)28(30,31)32/h4-5,14-19H,3,6-13H2,1-2H3,(H2,33,34,35). The molecule has 0 amide bonds. The summed E-state index contributed by atoms with van der Waals surface area (Å²) in [5, 5.41) is 0. The maximum Gasteiger partial charge on any atom is 0.419 e. The van der Waals surface area contributed by atoms with Crippen LogP contribution in [-0.2, 0) is 12.7 Å². The van der Waals surface area contributed by atoms with E-state index in [9.17, 15) is 17.6 Å². The Morgan fingerprint density at radius 3 is 2.41 bits per heavy atom. The summed E-state index contributed by atoms with van der Waals surface area (Å²) in [7, 11) is 0. The summed E-state index contributed by atoms with van der Waals surface area (Å²) in [6, 6.07) is 5.20. The molecule has 3 aromatic rings. The molecule has 0 radical (unpaired) electrons. The van der Waals surface area contributed by atoms with Gasteiger partial charge in [0.15, 0.2) is 11.6 Å². The number of benzene rings is 1. The SMILES string of the molecule is CC(C)Oc1c(N)ncnc1N1CCC(c2cc(-c3ccc(F)c(C(F)(F)F)c3)cn2CCN2CCC2)CC1. The molecule has 5 rings (SSSR count). The van der Waals surface area contributed by atoms with Crippen molar-refractivity contribution in [3.8, 4) is 16.9 Å². The van der Waals surface area contributed by atoms with Crippen LogP contribution < -0.4 is 15.4 Å². The molecule has 2 N–H and O–H groups in total. The highest BCUT2D eigenvalue weighted by Gasteiger charge is 2.34. The van der Waals surface area contributed by atoms with Crippen LogP contribution in [-0.4, -0.2) is 58.3 Å². The van der Waals surface area contributed by atoms with Crippen molar-refractivity contribution in [1.82, 2.24) is 19.4 Å². The van der Waals surface area contributed by atoms with Crippen molar-refractivity contribution >= 4 is 11.6 Å². The van der Waals surface area contributed by atoms with Crippen molar-refractivity contribution in [3.63, 3.8) is 0 Å². The predicted molar refractivity (Wildman–Crippen MR) is 142 cm³/mol. The summed E-state index contributed by atoms with van der Waals surface area (Å²) in [5.41, 5.74) is 6.96. The van der Waals surface area contributed by atoms with Gasteiger partial charge < -0.3 is 24.8 Å². The van der Waals surface area contributed by atoms with Gasteiger partial charge in [0.25, 0.3) is 0 Å². The second-order valence-electron chi connectivity index (χ2n) is 10.6. The smallest absolute Gasteiger partial charge is 0.419 e. The summed E-state index contributed by atoms with van der Waals surface area (Å²) in [6.45, 7) is 9.05. The second kappa shape index (κ2) is 11.0. The Labute approximate surface area is 225 Å². The number of alkyl halides is 3. The number of nitrogens with two attached hydrogens (primary N) is 1. The summed E-state index contributed by atoms with van der Waals surface area (Å²) in [4.78, 5) is 13.0. The van der Waals surface area contributed by atoms with Gasteiger partial charge in [-0.25, -0.2) is 14.4 Å². The number of likely N-dealkylation sites (tertiary alicyclic amines) is 1. The largest absolute Gasteiger partial charge is 0.484 e. The lowest BCUT2D eigenvalue weighted by Gasteiger charge is -2.35. The second-order valence-corrected chi connectivity index (χ2v) is 10.6. The summed E-state index contributed by atoms with van der Waals surface area (Å²) >= 11 is 0. The number of anilines is 2. The Hall–Kier alpha value is -3.34. The Bertz CT molecular complexity index is 1300. The number of halogens is 4. The molecule has 11 heteroatoms. The first-order valence-electron chi connectivity index (χ1n) is 13.4. The maximum absolute atomic E-state index is 14.0. The van der Waals surface area contributed by atoms with Crippen LogP contribution in [0, 0.1) is 5.82 Å². The minimum Gasteiger partial charge on any atom is -0.484 e. The predicted octanol–water partition coefficient (Wildman–Crippen LogP) is 5.56. The van der Waals surface area contributed by atoms with Gasteiger partial charge in [-0.1, -0.05) is 6.07 Å². The van der Waals surface area contributed by atoms with Gasteiger partial charge in [-0.2, -0.15) is 13.2 Å². The number of rotatable bonds is 8. The highest BCUT2D eigenvalue weighted by molar-refractivity contribution is 5.66. The third-order valence-corrected chi connectivity index (χ3v) is 7.52. The van der Waals surface area contributed by atoms with Crippen LogP contribution in [0.15, 0.2) is 36.8 Å². The molecule has 0 bridgehead atoms. The lowest BCUT2D eigenvalue weighted by atomic mass is 9.92. The molecule has 0 unspecified atom stereocenters. The van der Waals surface area contributed by atoms with E-state index < -0.39 is 17.6 Å². The lowest BCUT2D eigenvalue weighted by Crippen LogP contribution is -2.39. The normalized spacial score (nSPS) is 17.1. The fourth-order valence-electron chi connectivity index (χ4n) is 5.34. The highest BCUT2D eigenvalue weighted by Crippen LogP contribution is 2.39. The van der Waals surface area contributed by atoms with Gasteiger partial charge in [-0.05, 0) is 75.5 Å². The Morgan fingerprint density at radius 1 is 1.03 bits per heavy atom. The van der Waals surface area contributed by atoms with Crippen LogP contribution in [0.1, 0.15) is 50.3 Å². The number of piperidine rings is 1. The first-order valence-corrected chi connectivity index (χ1v) is 13.4. The maximum atomic E-state index is 14.0. The molecule has 2 aliphatic heterocycles. The number of ether oxygens (including phenoxy) is 1. The minimum atomic E-state index is -4.75. The third-order valence-electron chi connectivity index (χ3n) is 7.52. The molecule has 0 aliphatic carbocycles. The van der Waals surface area contributed by atoms with Gasteiger partial charge in [0.1, 0.15) is 12.1 Å². The molecule has 0 atom stereocenters. The molecule has 2 aliphatic rings. The summed E-state index contributed by atoms with van der Waals surface area (Å²) < 4.78 is 62.2. The van der Waals surface area contributed by atoms with Crippen molar-refractivity contribution in [2.75, 3.05) is 43.4 Å². The minimum absolute atomic E-state index is 0.0768. The van der Waals surface area contributed by atoms with E-state index in [2.05, 4.69) is 24.3 Å². The number of nitrogen functional groups attached to an aromatic ring is 1. The van der Waals surface area contributed by atoms with Crippen molar-refractivity contribution in [2.45, 2.75) is 57.9 Å². The van der Waals surface area contributed by atoms with Gasteiger partial charge in [0.2, 0.25) is 5.75 Å². The average Bonchev–Trinajstić information content (AvgIpc) is 3.28. The van der Waals surface area contributed by atoms with Crippen molar-refractivity contribution in [2.24, 2.45) is 0 Å². The van der Waals surface area contributed by atoms with Gasteiger partial charge in [0.05, 0.1) is 11.7 Å². The van der Waals surface area contributed by atoms with Crippen LogP contribution in [0.4, 0.5) is 29.2 Å². The highest BCUT2D eigenvalue weighted by atomic mass is 19.4. The van der Waals surface area contributed by atoms with E-state index in [0.717, 1.165) is 69.9 Å². The number of aromatic nitrogens is 3. The van der Waals surface area contributed by atoms with E-state index in [1.165, 1.54) is 18.8 Å². The zero-order chi connectivity index (χ0) is 27.7. The first kappa shape index (κ1) is 27.2. The molecule has 0 spiro atoms. The van der Waals surface area contributed by atoms with Crippen LogP contribution in [0.3, 0.4) is 0 Å². The van der Waals surface area contributed by atoms with Crippen LogP contribution in [0.25, 0.3) is 11.1 Å². The van der Waals surface area contributed by atoms with Gasteiger partial charge in [-0.15, -0.1) is 0 Å². The topological polar surface area (TPSA) is 72.4 Å². The number of hydrogen-bond acceptors (Lipinski definition) is 6. The third kappa shape index (κ3) is 5.98. The molecule has 2 saturated heterocycles. The molecule has 1 aromatic carbocycles. The van der Waals surface area contributed by atoms with E-state index in [1.54, 1.807) is 0 Å². The summed E-state index contributed by atoms with van der Waals surface area (Å²) in [6.07, 6.45) is 1.37. The van der Waals surface area contributed by atoms with Gasteiger partial charge >= 0.3 is 6.18 Å². The van der Waals surface area contributed by atoms with E-state index in [0.29, 0.717) is 28.5 Å². The van der Waals surface area contributed by atoms with E-state index in [1.807, 2.05) is 26.1 Å². The van der Waals surface area contributed by atoms with E-state index >= 15 is 0 Å². The van der Waals surface area contributed by atoms with E-state index in [4.69, 9.17) is 10.5 Å². The molecular formula is C28H34F4N6O. The molecule has 7 nitrogen and oxygen atoms in total. The van der Waals surface area contributed by atoms with Gasteiger partial charge in [-0.3, -0.25) is 0 Å². The van der Waals surface area contributed by atoms with Crippen molar-refractivity contribution in [1.29, 1.82) is 0 Å². The Balaban J connectivity index is 1.39. The van der Waals surface area contributed by atoms with Crippen molar-refractivity contribution in [3.05, 3.63) is 53.9 Å². The number of nitrogens with zero attached hydrogens (tertiary/aromatic N) is 5. The molecule has 39 heavy (non-hydrogen) atoms. The molecule has 2 fully saturated rings. The fraction of sp³-hybridized carbons (Fsp3) is 0.500. The van der Waals surface area contributed by atoms with Crippen LogP contribution in [0.5, 0.6) is 5.75 Å². The molecule has 0 saturated carbocycles. The molecule has 2 aromatic heterocycles. The molecule has 4 heterocycles. The zero-order valence-corrected chi connectivity index (χ0v) is 22.2. The monoisotopic (exact) mass is 546 g/mol. The quantitative estimate of drug-likeness (QED) is 0.373. The van der Waals surface area contributed by atoms with Crippen LogP contribution in [0.2, 0.25) is 0 Å². The Kier molecular flexibility index (Phi) is 7.70. The van der Waals surface area contributed by atoms with Gasteiger partial charge in [0, 0.05) is 44.0 Å². The molecular weight excluding hydrogens is 512 g/mol. The number of hydrogen-bond donors (Lipinski definition) is 1. The first-order chi connectivity index (χ1) is 18.6. The van der Waals surface area contributed by atoms with Crippen LogP contribution >= 0.6 is 0 Å². The Morgan fingerprint density at radius 2 is 1.77 bits per heavy atom.